The number of aryl methyl sites for hydroxylation is 1. The molecule has 1 aliphatic carbocycles. The first-order valence-corrected chi connectivity index (χ1v) is 8.35. The van der Waals surface area contributed by atoms with Crippen molar-refractivity contribution in [2.45, 2.75) is 45.2 Å². The highest BCUT2D eigenvalue weighted by atomic mass is 15.2. The van der Waals surface area contributed by atoms with Crippen LogP contribution in [0.25, 0.3) is 0 Å². The van der Waals surface area contributed by atoms with Crippen LogP contribution in [0, 0.1) is 6.92 Å². The Hall–Kier alpha value is -1.13. The van der Waals surface area contributed by atoms with Crippen molar-refractivity contribution >= 4 is 5.69 Å². The van der Waals surface area contributed by atoms with Gasteiger partial charge >= 0.3 is 0 Å². The predicted octanol–water partition coefficient (Wildman–Crippen LogP) is 2.17. The molecule has 0 amide bonds. The number of aromatic nitrogens is 1. The summed E-state index contributed by atoms with van der Waals surface area (Å²) in [4.78, 5) is 9.46. The second-order valence-electron chi connectivity index (χ2n) is 6.58. The molecule has 4 nitrogen and oxygen atoms in total. The van der Waals surface area contributed by atoms with Crippen molar-refractivity contribution in [3.05, 3.63) is 23.5 Å². The van der Waals surface area contributed by atoms with E-state index in [1.807, 2.05) is 6.20 Å². The van der Waals surface area contributed by atoms with E-state index in [4.69, 9.17) is 0 Å². The van der Waals surface area contributed by atoms with Gasteiger partial charge in [0, 0.05) is 55.9 Å². The zero-order valence-electron chi connectivity index (χ0n) is 13.4. The molecule has 116 valence electrons. The highest BCUT2D eigenvalue weighted by molar-refractivity contribution is 5.53. The molecule has 0 spiro atoms. The van der Waals surface area contributed by atoms with Gasteiger partial charge in [-0.15, -0.1) is 0 Å². The number of hydrogen-bond acceptors (Lipinski definition) is 4. The Morgan fingerprint density at radius 3 is 2.81 bits per heavy atom. The first kappa shape index (κ1) is 14.8. The normalized spacial score (nSPS) is 19.1. The van der Waals surface area contributed by atoms with Crippen LogP contribution in [0.3, 0.4) is 0 Å². The van der Waals surface area contributed by atoms with Gasteiger partial charge in [0.15, 0.2) is 0 Å². The zero-order valence-corrected chi connectivity index (χ0v) is 13.4. The van der Waals surface area contributed by atoms with Crippen molar-refractivity contribution in [1.29, 1.82) is 0 Å². The molecule has 2 heterocycles. The number of rotatable bonds is 7. The highest BCUT2D eigenvalue weighted by Gasteiger charge is 2.21. The number of anilines is 1. The van der Waals surface area contributed by atoms with E-state index in [0.29, 0.717) is 0 Å². The van der Waals surface area contributed by atoms with Crippen molar-refractivity contribution in [2.24, 2.45) is 0 Å². The summed E-state index contributed by atoms with van der Waals surface area (Å²) in [6.07, 6.45) is 7.45. The van der Waals surface area contributed by atoms with Crippen LogP contribution in [0.15, 0.2) is 12.3 Å². The summed E-state index contributed by atoms with van der Waals surface area (Å²) in [5.74, 6) is 0. The van der Waals surface area contributed by atoms with Gasteiger partial charge in [-0.1, -0.05) is 0 Å². The Morgan fingerprint density at radius 1 is 1.33 bits per heavy atom. The molecule has 1 aromatic heterocycles. The maximum Gasteiger partial charge on any atom is 0.0443 e. The lowest BCUT2D eigenvalue weighted by Gasteiger charge is -2.25. The Morgan fingerprint density at radius 2 is 2.10 bits per heavy atom. The molecule has 1 N–H and O–H groups in total. The minimum Gasteiger partial charge on any atom is -0.373 e. The fourth-order valence-corrected chi connectivity index (χ4v) is 3.03. The standard InChI is InChI=1S/C17H28N4/c1-14-11-17(15(12-18-14)13-19-16-5-6-16)20(2)9-10-21-7-3-4-8-21/h11-12,16,19H,3-10,13H2,1-2H3. The molecular weight excluding hydrogens is 260 g/mol. The number of hydrogen-bond donors (Lipinski definition) is 1. The van der Waals surface area contributed by atoms with E-state index < -0.39 is 0 Å². The third kappa shape index (κ3) is 4.17. The SMILES string of the molecule is Cc1cc(N(C)CCN2CCCC2)c(CNC2CC2)cn1. The van der Waals surface area contributed by atoms with E-state index in [0.717, 1.165) is 24.8 Å². The lowest BCUT2D eigenvalue weighted by atomic mass is 10.2. The second-order valence-corrected chi connectivity index (χ2v) is 6.58. The lowest BCUT2D eigenvalue weighted by Crippen LogP contribution is -2.32. The molecule has 1 aromatic rings. The summed E-state index contributed by atoms with van der Waals surface area (Å²) in [6.45, 7) is 7.85. The number of nitrogens with zero attached hydrogens (tertiary/aromatic N) is 3. The maximum absolute atomic E-state index is 4.48. The molecule has 0 radical (unpaired) electrons. The molecule has 4 heteroatoms. The molecule has 3 rings (SSSR count). The Bertz CT molecular complexity index is 464. The van der Waals surface area contributed by atoms with Crippen LogP contribution in [0.1, 0.15) is 36.9 Å². The number of pyridine rings is 1. The van der Waals surface area contributed by atoms with Crippen molar-refractivity contribution in [1.82, 2.24) is 15.2 Å². The summed E-state index contributed by atoms with van der Waals surface area (Å²) in [5, 5.41) is 3.61. The van der Waals surface area contributed by atoms with Gasteiger partial charge in [0.25, 0.3) is 0 Å². The number of likely N-dealkylation sites (tertiary alicyclic amines) is 1. The van der Waals surface area contributed by atoms with Crippen molar-refractivity contribution in [3.8, 4) is 0 Å². The van der Waals surface area contributed by atoms with Crippen LogP contribution in [-0.2, 0) is 6.54 Å². The molecule has 0 atom stereocenters. The minimum atomic E-state index is 0.744. The average Bonchev–Trinajstić information content (AvgIpc) is 3.17. The van der Waals surface area contributed by atoms with Gasteiger partial charge in [-0.2, -0.15) is 0 Å². The maximum atomic E-state index is 4.48. The predicted molar refractivity (Wildman–Crippen MR) is 87.8 cm³/mol. The Balaban J connectivity index is 1.61. The average molecular weight is 288 g/mol. The first-order chi connectivity index (χ1) is 10.2. The van der Waals surface area contributed by atoms with Crippen LogP contribution in [0.4, 0.5) is 5.69 Å². The molecule has 2 fully saturated rings. The molecular formula is C17H28N4. The second kappa shape index (κ2) is 6.75. The molecule has 0 aromatic carbocycles. The summed E-state index contributed by atoms with van der Waals surface area (Å²) >= 11 is 0. The van der Waals surface area contributed by atoms with Crippen molar-refractivity contribution < 1.29 is 0 Å². The van der Waals surface area contributed by atoms with Crippen LogP contribution in [0.5, 0.6) is 0 Å². The van der Waals surface area contributed by atoms with E-state index in [-0.39, 0.29) is 0 Å². The molecule has 0 unspecified atom stereocenters. The topological polar surface area (TPSA) is 31.4 Å². The van der Waals surface area contributed by atoms with E-state index in [9.17, 15) is 0 Å². The summed E-state index contributed by atoms with van der Waals surface area (Å²) in [7, 11) is 2.21. The molecule has 1 aliphatic heterocycles. The summed E-state index contributed by atoms with van der Waals surface area (Å²) in [6, 6.07) is 2.97. The van der Waals surface area contributed by atoms with Gasteiger partial charge in [-0.3, -0.25) is 4.98 Å². The summed E-state index contributed by atoms with van der Waals surface area (Å²) < 4.78 is 0. The van der Waals surface area contributed by atoms with Gasteiger partial charge in [-0.25, -0.2) is 0 Å². The van der Waals surface area contributed by atoms with Gasteiger partial charge in [0.1, 0.15) is 0 Å². The van der Waals surface area contributed by atoms with Crippen LogP contribution < -0.4 is 10.2 Å². The van der Waals surface area contributed by atoms with E-state index >= 15 is 0 Å². The largest absolute Gasteiger partial charge is 0.373 e. The van der Waals surface area contributed by atoms with Crippen LogP contribution in [-0.4, -0.2) is 49.2 Å². The van der Waals surface area contributed by atoms with Crippen molar-refractivity contribution in [2.75, 3.05) is 38.1 Å². The van der Waals surface area contributed by atoms with Gasteiger partial charge in [0.05, 0.1) is 0 Å². The summed E-state index contributed by atoms with van der Waals surface area (Å²) in [5.41, 5.74) is 3.78. The molecule has 0 bridgehead atoms. The minimum absolute atomic E-state index is 0.744. The fourth-order valence-electron chi connectivity index (χ4n) is 3.03. The smallest absolute Gasteiger partial charge is 0.0443 e. The molecule has 1 saturated heterocycles. The first-order valence-electron chi connectivity index (χ1n) is 8.35. The molecule has 2 aliphatic rings. The third-order valence-corrected chi connectivity index (χ3v) is 4.62. The monoisotopic (exact) mass is 288 g/mol. The lowest BCUT2D eigenvalue weighted by molar-refractivity contribution is 0.346. The van der Waals surface area contributed by atoms with Gasteiger partial charge < -0.3 is 15.1 Å². The number of likely N-dealkylation sites (N-methyl/N-ethyl adjacent to an activating group) is 1. The Kier molecular flexibility index (Phi) is 4.76. The van der Waals surface area contributed by atoms with Crippen LogP contribution >= 0.6 is 0 Å². The fraction of sp³-hybridized carbons (Fsp3) is 0.706. The Labute approximate surface area is 128 Å². The third-order valence-electron chi connectivity index (χ3n) is 4.62. The van der Waals surface area contributed by atoms with E-state index in [1.54, 1.807) is 0 Å². The van der Waals surface area contributed by atoms with Gasteiger partial charge in [0.2, 0.25) is 0 Å². The van der Waals surface area contributed by atoms with Crippen molar-refractivity contribution in [3.63, 3.8) is 0 Å². The van der Waals surface area contributed by atoms with E-state index in [1.165, 1.54) is 56.6 Å². The molecule has 1 saturated carbocycles. The van der Waals surface area contributed by atoms with Crippen LogP contribution in [0.2, 0.25) is 0 Å². The zero-order chi connectivity index (χ0) is 14.7. The van der Waals surface area contributed by atoms with Gasteiger partial charge in [-0.05, 0) is 51.8 Å². The molecule has 21 heavy (non-hydrogen) atoms. The van der Waals surface area contributed by atoms with E-state index in [2.05, 4.69) is 40.1 Å². The highest BCUT2D eigenvalue weighted by Crippen LogP contribution is 2.23. The quantitative estimate of drug-likeness (QED) is 0.833. The number of nitrogens with one attached hydrogen (secondary N) is 1.